The summed E-state index contributed by atoms with van der Waals surface area (Å²) >= 11 is 7.47. The van der Waals surface area contributed by atoms with Crippen molar-refractivity contribution in [2.75, 3.05) is 17.2 Å². The van der Waals surface area contributed by atoms with Crippen LogP contribution < -0.4 is 4.90 Å². The topological polar surface area (TPSA) is 74.8 Å². The highest BCUT2D eigenvalue weighted by Crippen LogP contribution is 2.27. The molecule has 0 bridgehead atoms. The first kappa shape index (κ1) is 22.9. The summed E-state index contributed by atoms with van der Waals surface area (Å²) in [4.78, 5) is 14.8. The SMILES string of the molecule is CCn1c(SCC(=O)N(CCC#N)c2cc(C)cc(C)c2)nnc1-c1cccc(Cl)c1. The molecule has 6 nitrogen and oxygen atoms in total. The van der Waals surface area contributed by atoms with Crippen molar-refractivity contribution in [3.8, 4) is 17.5 Å². The third-order valence-corrected chi connectivity index (χ3v) is 5.89. The number of amides is 1. The molecule has 3 rings (SSSR count). The van der Waals surface area contributed by atoms with Crippen LogP contribution in [0.5, 0.6) is 0 Å². The van der Waals surface area contributed by atoms with Crippen LogP contribution in [0.4, 0.5) is 5.69 Å². The molecule has 1 heterocycles. The van der Waals surface area contributed by atoms with Crippen molar-refractivity contribution in [3.63, 3.8) is 0 Å². The highest BCUT2D eigenvalue weighted by Gasteiger charge is 2.19. The number of nitrogens with zero attached hydrogens (tertiary/aromatic N) is 5. The number of benzene rings is 2. The van der Waals surface area contributed by atoms with E-state index in [-0.39, 0.29) is 18.1 Å². The van der Waals surface area contributed by atoms with Crippen molar-refractivity contribution in [1.29, 1.82) is 5.26 Å². The van der Waals surface area contributed by atoms with Gasteiger partial charge in [0.1, 0.15) is 0 Å². The summed E-state index contributed by atoms with van der Waals surface area (Å²) in [6, 6.07) is 15.6. The summed E-state index contributed by atoms with van der Waals surface area (Å²) in [5.74, 6) is 0.849. The van der Waals surface area contributed by atoms with E-state index in [1.807, 2.05) is 61.7 Å². The Balaban J connectivity index is 1.80. The molecule has 160 valence electrons. The first-order chi connectivity index (χ1) is 14.9. The number of aromatic nitrogens is 3. The lowest BCUT2D eigenvalue weighted by Crippen LogP contribution is -2.33. The van der Waals surface area contributed by atoms with Gasteiger partial charge in [-0.25, -0.2) is 0 Å². The minimum atomic E-state index is -0.0693. The summed E-state index contributed by atoms with van der Waals surface area (Å²) in [5, 5.41) is 19.0. The number of hydrogen-bond donors (Lipinski definition) is 0. The zero-order valence-corrected chi connectivity index (χ0v) is 19.4. The quantitative estimate of drug-likeness (QED) is 0.434. The second kappa shape index (κ2) is 10.5. The van der Waals surface area contributed by atoms with E-state index in [0.717, 1.165) is 28.2 Å². The van der Waals surface area contributed by atoms with Crippen LogP contribution in [-0.4, -0.2) is 33.0 Å². The van der Waals surface area contributed by atoms with E-state index in [4.69, 9.17) is 16.9 Å². The maximum atomic E-state index is 13.1. The van der Waals surface area contributed by atoms with Gasteiger partial charge in [-0.3, -0.25) is 4.79 Å². The third-order valence-electron chi connectivity index (χ3n) is 4.71. The summed E-state index contributed by atoms with van der Waals surface area (Å²) in [7, 11) is 0. The van der Waals surface area contributed by atoms with E-state index in [0.29, 0.717) is 23.3 Å². The van der Waals surface area contributed by atoms with Crippen molar-refractivity contribution in [2.24, 2.45) is 0 Å². The smallest absolute Gasteiger partial charge is 0.237 e. The first-order valence-corrected chi connectivity index (χ1v) is 11.4. The van der Waals surface area contributed by atoms with Gasteiger partial charge in [-0.15, -0.1) is 10.2 Å². The minimum absolute atomic E-state index is 0.0693. The molecule has 0 atom stereocenters. The van der Waals surface area contributed by atoms with Gasteiger partial charge in [0.25, 0.3) is 0 Å². The summed E-state index contributed by atoms with van der Waals surface area (Å²) in [5.41, 5.74) is 3.85. The zero-order valence-electron chi connectivity index (χ0n) is 17.8. The largest absolute Gasteiger partial charge is 0.311 e. The Bertz CT molecular complexity index is 1100. The maximum Gasteiger partial charge on any atom is 0.237 e. The second-order valence-corrected chi connectivity index (χ2v) is 8.53. The molecule has 0 spiro atoms. The van der Waals surface area contributed by atoms with Crippen molar-refractivity contribution in [2.45, 2.75) is 38.9 Å². The third kappa shape index (κ3) is 5.66. The van der Waals surface area contributed by atoms with Crippen molar-refractivity contribution in [1.82, 2.24) is 14.8 Å². The summed E-state index contributed by atoms with van der Waals surface area (Å²) in [6.45, 7) is 7.03. The van der Waals surface area contributed by atoms with Gasteiger partial charge >= 0.3 is 0 Å². The molecule has 0 unspecified atom stereocenters. The van der Waals surface area contributed by atoms with E-state index < -0.39 is 0 Å². The zero-order chi connectivity index (χ0) is 22.4. The van der Waals surface area contributed by atoms with Gasteiger partial charge in [-0.05, 0) is 56.2 Å². The second-order valence-electron chi connectivity index (χ2n) is 7.15. The van der Waals surface area contributed by atoms with Crippen LogP contribution in [0.15, 0.2) is 47.6 Å². The Morgan fingerprint density at radius 2 is 1.94 bits per heavy atom. The summed E-state index contributed by atoms with van der Waals surface area (Å²) in [6.07, 6.45) is 0.271. The van der Waals surface area contributed by atoms with E-state index >= 15 is 0 Å². The van der Waals surface area contributed by atoms with Crippen molar-refractivity contribution >= 4 is 35.0 Å². The van der Waals surface area contributed by atoms with Crippen LogP contribution in [0.2, 0.25) is 5.02 Å². The molecular weight excluding hydrogens is 430 g/mol. The van der Waals surface area contributed by atoms with Crippen LogP contribution in [0.3, 0.4) is 0 Å². The Kier molecular flexibility index (Phi) is 7.72. The molecule has 0 saturated heterocycles. The molecule has 0 radical (unpaired) electrons. The van der Waals surface area contributed by atoms with E-state index in [1.54, 1.807) is 4.90 Å². The molecular formula is C23H24ClN5OS. The van der Waals surface area contributed by atoms with Crippen LogP contribution >= 0.6 is 23.4 Å². The molecule has 3 aromatic rings. The van der Waals surface area contributed by atoms with Gasteiger partial charge in [-0.2, -0.15) is 5.26 Å². The highest BCUT2D eigenvalue weighted by atomic mass is 35.5. The van der Waals surface area contributed by atoms with E-state index in [9.17, 15) is 4.79 Å². The minimum Gasteiger partial charge on any atom is -0.311 e. The van der Waals surface area contributed by atoms with Crippen LogP contribution in [0, 0.1) is 25.2 Å². The number of rotatable bonds is 8. The lowest BCUT2D eigenvalue weighted by atomic mass is 10.1. The predicted octanol–water partition coefficient (Wildman–Crippen LogP) is 5.27. The van der Waals surface area contributed by atoms with Crippen LogP contribution in [0.1, 0.15) is 24.5 Å². The number of aryl methyl sites for hydroxylation is 2. The van der Waals surface area contributed by atoms with Gasteiger partial charge < -0.3 is 9.47 Å². The average molecular weight is 454 g/mol. The van der Waals surface area contributed by atoms with Gasteiger partial charge in [0.15, 0.2) is 11.0 Å². The molecule has 0 saturated carbocycles. The fourth-order valence-electron chi connectivity index (χ4n) is 3.39. The maximum absolute atomic E-state index is 13.1. The number of hydrogen-bond acceptors (Lipinski definition) is 5. The van der Waals surface area contributed by atoms with Gasteiger partial charge in [0.05, 0.1) is 18.2 Å². The van der Waals surface area contributed by atoms with Gasteiger partial charge in [0.2, 0.25) is 5.91 Å². The number of halogens is 1. The molecule has 1 amide bonds. The average Bonchev–Trinajstić information content (AvgIpc) is 3.15. The lowest BCUT2D eigenvalue weighted by Gasteiger charge is -2.22. The van der Waals surface area contributed by atoms with Gasteiger partial charge in [0, 0.05) is 29.4 Å². The highest BCUT2D eigenvalue weighted by molar-refractivity contribution is 7.99. The molecule has 0 N–H and O–H groups in total. The number of carbonyl (C=O) groups is 1. The van der Waals surface area contributed by atoms with Gasteiger partial charge in [-0.1, -0.05) is 41.6 Å². The molecule has 31 heavy (non-hydrogen) atoms. The Hall–Kier alpha value is -2.82. The van der Waals surface area contributed by atoms with E-state index in [1.165, 1.54) is 11.8 Å². The Morgan fingerprint density at radius 1 is 1.19 bits per heavy atom. The fourth-order valence-corrected chi connectivity index (χ4v) is 4.46. The molecule has 8 heteroatoms. The standard InChI is InChI=1S/C23H24ClN5OS/c1-4-28-22(18-7-5-8-19(24)14-18)26-27-23(28)31-15-21(30)29(10-6-9-25)20-12-16(2)11-17(3)13-20/h5,7-8,11-14H,4,6,10,15H2,1-3H3. The van der Waals surface area contributed by atoms with Crippen LogP contribution in [0.25, 0.3) is 11.4 Å². The Morgan fingerprint density at radius 3 is 2.58 bits per heavy atom. The first-order valence-electron chi connectivity index (χ1n) is 10.0. The number of thioether (sulfide) groups is 1. The molecule has 0 aliphatic rings. The Labute approximate surface area is 191 Å². The number of anilines is 1. The molecule has 1 aromatic heterocycles. The molecule has 2 aromatic carbocycles. The number of carbonyl (C=O) groups excluding carboxylic acids is 1. The number of nitriles is 1. The lowest BCUT2D eigenvalue weighted by molar-refractivity contribution is -0.116. The van der Waals surface area contributed by atoms with E-state index in [2.05, 4.69) is 22.3 Å². The predicted molar refractivity (Wildman–Crippen MR) is 125 cm³/mol. The summed E-state index contributed by atoms with van der Waals surface area (Å²) < 4.78 is 1.97. The molecule has 0 fully saturated rings. The monoisotopic (exact) mass is 453 g/mol. The van der Waals surface area contributed by atoms with Crippen molar-refractivity contribution in [3.05, 3.63) is 58.6 Å². The molecule has 0 aliphatic carbocycles. The fraction of sp³-hybridized carbons (Fsp3) is 0.304. The van der Waals surface area contributed by atoms with Crippen molar-refractivity contribution < 1.29 is 4.79 Å². The van der Waals surface area contributed by atoms with Crippen LogP contribution in [-0.2, 0) is 11.3 Å². The molecule has 0 aliphatic heterocycles. The normalized spacial score (nSPS) is 10.7.